The number of hydrogen-bond donors (Lipinski definition) is 2. The largest absolute Gasteiger partial charge is 0.371 e. The zero-order valence-corrected chi connectivity index (χ0v) is 18.0. The molecular weight excluding hydrogens is 409 g/mol. The van der Waals surface area contributed by atoms with Crippen molar-refractivity contribution in [3.63, 3.8) is 0 Å². The Morgan fingerprint density at radius 2 is 1.67 bits per heavy atom. The molecule has 154 valence electrons. The van der Waals surface area contributed by atoms with Crippen molar-refractivity contribution in [3.8, 4) is 0 Å². The van der Waals surface area contributed by atoms with Crippen molar-refractivity contribution < 1.29 is 13.2 Å². The predicted molar refractivity (Wildman–Crippen MR) is 114 cm³/mol. The Bertz CT molecular complexity index is 702. The first-order chi connectivity index (χ1) is 11.9. The molecule has 2 aliphatic rings. The first kappa shape index (κ1) is 24.0. The summed E-state index contributed by atoms with van der Waals surface area (Å²) in [7, 11) is -3.45. The molecule has 2 N–H and O–H groups in total. The summed E-state index contributed by atoms with van der Waals surface area (Å²) in [5, 5.41) is 6.18. The van der Waals surface area contributed by atoms with Gasteiger partial charge in [0, 0.05) is 31.1 Å². The van der Waals surface area contributed by atoms with Crippen molar-refractivity contribution in [1.29, 1.82) is 0 Å². The third-order valence-corrected chi connectivity index (χ3v) is 7.50. The van der Waals surface area contributed by atoms with Crippen molar-refractivity contribution in [2.45, 2.75) is 36.5 Å². The van der Waals surface area contributed by atoms with Gasteiger partial charge in [0.25, 0.3) is 0 Å². The number of carbonyl (C=O) groups is 1. The molecule has 0 radical (unpaired) electrons. The van der Waals surface area contributed by atoms with E-state index in [2.05, 4.69) is 27.7 Å². The van der Waals surface area contributed by atoms with E-state index in [-0.39, 0.29) is 36.8 Å². The number of piperidine rings is 2. The molecule has 0 unspecified atom stereocenters. The summed E-state index contributed by atoms with van der Waals surface area (Å²) >= 11 is 0. The summed E-state index contributed by atoms with van der Waals surface area (Å²) in [6.07, 6.45) is 3.55. The average molecular weight is 438 g/mol. The van der Waals surface area contributed by atoms with Crippen LogP contribution in [0.5, 0.6) is 0 Å². The van der Waals surface area contributed by atoms with E-state index in [9.17, 15) is 13.2 Å². The average Bonchev–Trinajstić information content (AvgIpc) is 2.63. The number of amides is 1. The molecule has 0 bridgehead atoms. The minimum absolute atomic E-state index is 0. The molecule has 0 saturated carbocycles. The smallest absolute Gasteiger partial charge is 0.241 e. The monoisotopic (exact) mass is 437 g/mol. The van der Waals surface area contributed by atoms with E-state index >= 15 is 0 Å². The molecule has 0 aromatic heterocycles. The fourth-order valence-corrected chi connectivity index (χ4v) is 5.18. The minimum atomic E-state index is -3.45. The normalized spacial score (nSPS) is 20.1. The van der Waals surface area contributed by atoms with Crippen molar-refractivity contribution in [1.82, 2.24) is 10.6 Å². The Morgan fingerprint density at radius 1 is 1.11 bits per heavy atom. The summed E-state index contributed by atoms with van der Waals surface area (Å²) in [4.78, 5) is 15.2. The topological polar surface area (TPSA) is 78.5 Å². The van der Waals surface area contributed by atoms with Crippen molar-refractivity contribution in [3.05, 3.63) is 30.3 Å². The molecule has 6 nitrogen and oxygen atoms in total. The van der Waals surface area contributed by atoms with Gasteiger partial charge in [0.15, 0.2) is 14.6 Å². The zero-order chi connectivity index (χ0) is 17.9. The number of sulfone groups is 1. The van der Waals surface area contributed by atoms with Gasteiger partial charge in [-0.3, -0.25) is 4.79 Å². The number of nitrogens with zero attached hydrogens (tertiary/aromatic N) is 1. The molecule has 2 fully saturated rings. The highest BCUT2D eigenvalue weighted by molar-refractivity contribution is 7.92. The Hall–Kier alpha value is -1.02. The number of benzene rings is 1. The molecular formula is C18H29Cl2N3O3S. The summed E-state index contributed by atoms with van der Waals surface area (Å²) in [6.45, 7) is 2.85. The summed E-state index contributed by atoms with van der Waals surface area (Å²) in [5.74, 6) is -0.310. The van der Waals surface area contributed by atoms with E-state index in [4.69, 9.17) is 0 Å². The van der Waals surface area contributed by atoms with Gasteiger partial charge in [0.05, 0.1) is 0 Å². The molecule has 0 aliphatic carbocycles. The molecule has 1 amide bonds. The maximum atomic E-state index is 12.9. The highest BCUT2D eigenvalue weighted by Gasteiger charge is 2.49. The Balaban J connectivity index is 0.00000182. The molecule has 2 saturated heterocycles. The van der Waals surface area contributed by atoms with Crippen LogP contribution in [0.2, 0.25) is 0 Å². The number of para-hydroxylation sites is 1. The van der Waals surface area contributed by atoms with E-state index in [1.165, 1.54) is 11.9 Å². The van der Waals surface area contributed by atoms with Crippen molar-refractivity contribution in [2.75, 3.05) is 37.3 Å². The van der Waals surface area contributed by atoms with Crippen LogP contribution in [0.15, 0.2) is 30.3 Å². The lowest BCUT2D eigenvalue weighted by atomic mass is 9.94. The molecule has 1 aromatic rings. The van der Waals surface area contributed by atoms with Gasteiger partial charge in [-0.2, -0.15) is 0 Å². The molecule has 9 heteroatoms. The van der Waals surface area contributed by atoms with Gasteiger partial charge < -0.3 is 15.5 Å². The fraction of sp³-hybridized carbons (Fsp3) is 0.611. The van der Waals surface area contributed by atoms with E-state index in [1.54, 1.807) is 0 Å². The van der Waals surface area contributed by atoms with Crippen LogP contribution in [0.4, 0.5) is 5.69 Å². The molecule has 27 heavy (non-hydrogen) atoms. The van der Waals surface area contributed by atoms with Crippen LogP contribution >= 0.6 is 24.8 Å². The van der Waals surface area contributed by atoms with Gasteiger partial charge >= 0.3 is 0 Å². The third-order valence-electron chi connectivity index (χ3n) is 5.49. The summed E-state index contributed by atoms with van der Waals surface area (Å²) in [5.41, 5.74) is 1.19. The van der Waals surface area contributed by atoms with Gasteiger partial charge in [-0.15, -0.1) is 24.8 Å². The molecule has 2 heterocycles. The first-order valence-electron chi connectivity index (χ1n) is 8.94. The Morgan fingerprint density at radius 3 is 2.19 bits per heavy atom. The second kappa shape index (κ2) is 9.96. The lowest BCUT2D eigenvalue weighted by Gasteiger charge is -2.38. The second-order valence-electron chi connectivity index (χ2n) is 7.09. The van der Waals surface area contributed by atoms with E-state index in [0.717, 1.165) is 25.9 Å². The van der Waals surface area contributed by atoms with Crippen molar-refractivity contribution in [2.24, 2.45) is 0 Å². The number of rotatable bonds is 4. The number of halogens is 2. The minimum Gasteiger partial charge on any atom is -0.371 e. The Kier molecular flexibility index (Phi) is 8.86. The number of nitrogens with one attached hydrogen (secondary N) is 2. The quantitative estimate of drug-likeness (QED) is 0.750. The van der Waals surface area contributed by atoms with Crippen LogP contribution in [0.25, 0.3) is 0 Å². The maximum Gasteiger partial charge on any atom is 0.241 e. The van der Waals surface area contributed by atoms with Crippen LogP contribution in [0.1, 0.15) is 25.7 Å². The van der Waals surface area contributed by atoms with Gasteiger partial charge in [-0.1, -0.05) is 18.2 Å². The lowest BCUT2D eigenvalue weighted by molar-refractivity contribution is -0.125. The van der Waals surface area contributed by atoms with Gasteiger partial charge in [0.1, 0.15) is 0 Å². The standard InChI is InChI=1S/C18H27N3O3S.2ClH/c1-25(23,24)18(9-11-19-12-10-18)17(22)20-15-7-13-21(14-8-15)16-5-3-2-4-6-16;;/h2-6,15,19H,7-14H2,1H3,(H,20,22);2*1H. The zero-order valence-electron chi connectivity index (χ0n) is 15.5. The summed E-state index contributed by atoms with van der Waals surface area (Å²) < 4.78 is 23.4. The third kappa shape index (κ3) is 5.28. The van der Waals surface area contributed by atoms with E-state index in [0.29, 0.717) is 25.9 Å². The first-order valence-corrected chi connectivity index (χ1v) is 10.8. The molecule has 3 rings (SSSR count). The molecule has 2 aliphatic heterocycles. The lowest BCUT2D eigenvalue weighted by Crippen LogP contribution is -2.59. The Labute approximate surface area is 174 Å². The van der Waals surface area contributed by atoms with Gasteiger partial charge in [-0.05, 0) is 50.9 Å². The van der Waals surface area contributed by atoms with Crippen molar-refractivity contribution >= 4 is 46.2 Å². The number of hydrogen-bond acceptors (Lipinski definition) is 5. The predicted octanol–water partition coefficient (Wildman–Crippen LogP) is 1.78. The van der Waals surface area contributed by atoms with Crippen LogP contribution in [-0.4, -0.2) is 57.5 Å². The van der Waals surface area contributed by atoms with Gasteiger partial charge in [0.2, 0.25) is 5.91 Å². The highest BCUT2D eigenvalue weighted by atomic mass is 35.5. The van der Waals surface area contributed by atoms with Gasteiger partial charge in [-0.25, -0.2) is 8.42 Å². The molecule has 0 atom stereocenters. The molecule has 1 aromatic carbocycles. The number of carbonyl (C=O) groups excluding carboxylic acids is 1. The van der Waals surface area contributed by atoms with Crippen LogP contribution in [-0.2, 0) is 14.6 Å². The highest BCUT2D eigenvalue weighted by Crippen LogP contribution is 2.29. The summed E-state index contributed by atoms with van der Waals surface area (Å²) in [6, 6.07) is 10.3. The van der Waals surface area contributed by atoms with Crippen LogP contribution < -0.4 is 15.5 Å². The van der Waals surface area contributed by atoms with Crippen LogP contribution in [0, 0.1) is 0 Å². The maximum absolute atomic E-state index is 12.9. The fourth-order valence-electron chi connectivity index (χ4n) is 3.83. The molecule has 0 spiro atoms. The number of anilines is 1. The second-order valence-corrected chi connectivity index (χ2v) is 9.41. The van der Waals surface area contributed by atoms with E-state index in [1.807, 2.05) is 18.2 Å². The van der Waals surface area contributed by atoms with Crippen LogP contribution in [0.3, 0.4) is 0 Å². The SMILES string of the molecule is CS(=O)(=O)C1(C(=O)NC2CCN(c3ccccc3)CC2)CCNCC1.Cl.Cl. The van der Waals surface area contributed by atoms with E-state index < -0.39 is 14.6 Å².